The maximum atomic E-state index is 11.5. The zero-order chi connectivity index (χ0) is 16.3. The lowest BCUT2D eigenvalue weighted by molar-refractivity contribution is 0.296. The van der Waals surface area contributed by atoms with E-state index in [0.29, 0.717) is 35.7 Å². The Morgan fingerprint density at radius 1 is 1.26 bits per heavy atom. The van der Waals surface area contributed by atoms with Gasteiger partial charge in [-0.05, 0) is 28.9 Å². The van der Waals surface area contributed by atoms with Gasteiger partial charge in [0.1, 0.15) is 19.7 Å². The SMILES string of the molecule is CS(=O)(=O)c1ccc(C2=[N+]=C(OCC3CNCS3)CNC2)cc1. The number of sulfone groups is 1. The molecule has 6 nitrogen and oxygen atoms in total. The predicted octanol–water partition coefficient (Wildman–Crippen LogP) is -0.373. The van der Waals surface area contributed by atoms with Crippen LogP contribution in [0.3, 0.4) is 0 Å². The average molecular weight is 354 g/mol. The van der Waals surface area contributed by atoms with Crippen LogP contribution in [0.25, 0.3) is 0 Å². The molecule has 8 heteroatoms. The van der Waals surface area contributed by atoms with Gasteiger partial charge in [0.05, 0.1) is 15.7 Å². The van der Waals surface area contributed by atoms with Crippen LogP contribution in [-0.2, 0) is 14.6 Å². The first-order chi connectivity index (χ1) is 11.0. The summed E-state index contributed by atoms with van der Waals surface area (Å²) in [5.41, 5.74) is 1.77. The first kappa shape index (κ1) is 16.5. The summed E-state index contributed by atoms with van der Waals surface area (Å²) in [6.07, 6.45) is 1.21. The van der Waals surface area contributed by atoms with Gasteiger partial charge in [0.2, 0.25) is 0 Å². The Kier molecular flexibility index (Phi) is 5.08. The number of nitrogens with zero attached hydrogens (tertiary/aromatic N) is 1. The Morgan fingerprint density at radius 2 is 2.04 bits per heavy atom. The molecule has 1 fully saturated rings. The Hall–Kier alpha value is -1.31. The van der Waals surface area contributed by atoms with E-state index in [1.807, 2.05) is 11.8 Å². The van der Waals surface area contributed by atoms with E-state index in [1.54, 1.807) is 24.3 Å². The van der Waals surface area contributed by atoms with Gasteiger partial charge in [0.15, 0.2) is 9.84 Å². The summed E-state index contributed by atoms with van der Waals surface area (Å²) in [5.74, 6) is 1.66. The summed E-state index contributed by atoms with van der Waals surface area (Å²) >= 11 is 1.86. The number of hydrogen-bond acceptors (Lipinski definition) is 6. The Morgan fingerprint density at radius 3 is 2.70 bits per heavy atom. The van der Waals surface area contributed by atoms with Gasteiger partial charge in [-0.15, -0.1) is 11.8 Å². The molecule has 3 rings (SSSR count). The van der Waals surface area contributed by atoms with Crippen LogP contribution >= 0.6 is 11.8 Å². The number of nitrogens with one attached hydrogen (secondary N) is 2. The molecule has 23 heavy (non-hydrogen) atoms. The van der Waals surface area contributed by atoms with Crippen molar-refractivity contribution < 1.29 is 13.2 Å². The highest BCUT2D eigenvalue weighted by Gasteiger charge is 2.25. The van der Waals surface area contributed by atoms with Gasteiger partial charge in [-0.3, -0.25) is 5.32 Å². The molecule has 1 saturated heterocycles. The highest BCUT2D eigenvalue weighted by atomic mass is 32.2. The van der Waals surface area contributed by atoms with Crippen LogP contribution in [0.1, 0.15) is 5.56 Å². The minimum atomic E-state index is -3.17. The standard InChI is InChI=1S/C15H20N3O3S2/c1-23(19,20)13-4-2-11(3-5-13)14-7-16-8-15(18-14)21-9-12-6-17-10-22-12/h2-5,12,16-17H,6-10H2,1H3/q+1. The van der Waals surface area contributed by atoms with Crippen LogP contribution in [0, 0.1) is 0 Å². The second-order valence-electron chi connectivity index (χ2n) is 5.55. The largest absolute Gasteiger partial charge is 0.476 e. The van der Waals surface area contributed by atoms with E-state index in [-0.39, 0.29) is 0 Å². The second kappa shape index (κ2) is 7.07. The lowest BCUT2D eigenvalue weighted by Gasteiger charge is -2.09. The van der Waals surface area contributed by atoms with Crippen LogP contribution in [0.4, 0.5) is 0 Å². The maximum Gasteiger partial charge on any atom is 0.476 e. The van der Waals surface area contributed by atoms with Gasteiger partial charge in [-0.2, -0.15) is 0 Å². The molecule has 0 saturated carbocycles. The summed E-state index contributed by atoms with van der Waals surface area (Å²) in [7, 11) is -3.17. The quantitative estimate of drug-likeness (QED) is 0.718. The van der Waals surface area contributed by atoms with E-state index in [0.717, 1.165) is 23.7 Å². The summed E-state index contributed by atoms with van der Waals surface area (Å²) in [6, 6.07) is 6.81. The van der Waals surface area contributed by atoms with Crippen molar-refractivity contribution in [2.24, 2.45) is 0 Å². The number of thioether (sulfide) groups is 1. The smallest absolute Gasteiger partial charge is 0.433 e. The van der Waals surface area contributed by atoms with Crippen LogP contribution in [-0.4, -0.2) is 63.7 Å². The number of rotatable bonds is 4. The van der Waals surface area contributed by atoms with Gasteiger partial charge < -0.3 is 10.1 Å². The highest BCUT2D eigenvalue weighted by molar-refractivity contribution is 8.00. The summed E-state index contributed by atoms with van der Waals surface area (Å²) in [5, 5.41) is 7.02. The van der Waals surface area contributed by atoms with Crippen molar-refractivity contribution >= 4 is 33.2 Å². The van der Waals surface area contributed by atoms with Gasteiger partial charge in [-0.25, -0.2) is 8.42 Å². The molecule has 2 N–H and O–H groups in total. The molecule has 1 atom stereocenters. The lowest BCUT2D eigenvalue weighted by Crippen LogP contribution is -2.39. The molecule has 0 aliphatic carbocycles. The predicted molar refractivity (Wildman–Crippen MR) is 93.9 cm³/mol. The lowest BCUT2D eigenvalue weighted by atomic mass is 10.1. The molecule has 1 aromatic carbocycles. The minimum Gasteiger partial charge on any atom is -0.433 e. The molecule has 1 aromatic rings. The minimum absolute atomic E-state index is 0.317. The van der Waals surface area contributed by atoms with E-state index in [4.69, 9.17) is 4.74 Å². The summed E-state index contributed by atoms with van der Waals surface area (Å²) in [4.78, 5) is 0.317. The molecule has 124 valence electrons. The topological polar surface area (TPSA) is 81.5 Å². The van der Waals surface area contributed by atoms with Crippen LogP contribution in [0.15, 0.2) is 29.2 Å². The van der Waals surface area contributed by atoms with E-state index >= 15 is 0 Å². The van der Waals surface area contributed by atoms with Crippen molar-refractivity contribution in [3.63, 3.8) is 0 Å². The third kappa shape index (κ3) is 4.37. The maximum absolute atomic E-state index is 11.5. The zero-order valence-corrected chi connectivity index (χ0v) is 14.5. The van der Waals surface area contributed by atoms with Crippen LogP contribution < -0.4 is 15.3 Å². The molecule has 0 amide bonds. The van der Waals surface area contributed by atoms with Gasteiger partial charge in [-0.1, -0.05) is 0 Å². The molecule has 2 aliphatic rings. The fourth-order valence-corrected chi connectivity index (χ4v) is 3.92. The zero-order valence-electron chi connectivity index (χ0n) is 12.9. The number of ether oxygens (including phenoxy) is 1. The van der Waals surface area contributed by atoms with Crippen LogP contribution in [0.2, 0.25) is 0 Å². The van der Waals surface area contributed by atoms with Crippen molar-refractivity contribution in [3.05, 3.63) is 29.8 Å². The van der Waals surface area contributed by atoms with E-state index < -0.39 is 9.84 Å². The fraction of sp³-hybridized carbons (Fsp3) is 0.467. The third-order valence-corrected chi connectivity index (χ3v) is 5.95. The highest BCUT2D eigenvalue weighted by Crippen LogP contribution is 2.14. The number of hydrogen-bond donors (Lipinski definition) is 2. The van der Waals surface area contributed by atoms with Crippen molar-refractivity contribution in [2.75, 3.05) is 38.4 Å². The molecule has 0 aromatic heterocycles. The first-order valence-electron chi connectivity index (χ1n) is 7.42. The molecule has 0 radical (unpaired) electrons. The van der Waals surface area contributed by atoms with E-state index in [1.165, 1.54) is 6.26 Å². The molecule has 0 bridgehead atoms. The van der Waals surface area contributed by atoms with Crippen molar-refractivity contribution in [1.82, 2.24) is 15.3 Å². The average Bonchev–Trinajstić information content (AvgIpc) is 3.06. The molecule has 1 unspecified atom stereocenters. The van der Waals surface area contributed by atoms with Crippen molar-refractivity contribution in [1.29, 1.82) is 0 Å². The van der Waals surface area contributed by atoms with Gasteiger partial charge >= 0.3 is 11.6 Å². The van der Waals surface area contributed by atoms with E-state index in [2.05, 4.69) is 15.3 Å². The summed E-state index contributed by atoms with van der Waals surface area (Å²) < 4.78 is 33.4. The van der Waals surface area contributed by atoms with Crippen molar-refractivity contribution in [3.8, 4) is 0 Å². The molecule has 2 aliphatic heterocycles. The second-order valence-corrected chi connectivity index (χ2v) is 8.85. The monoisotopic (exact) mass is 354 g/mol. The normalized spacial score (nSPS) is 21.7. The Bertz CT molecular complexity index is 732. The third-order valence-electron chi connectivity index (χ3n) is 3.67. The van der Waals surface area contributed by atoms with Gasteiger partial charge in [0.25, 0.3) is 0 Å². The molecule has 2 heterocycles. The van der Waals surface area contributed by atoms with Crippen LogP contribution in [0.5, 0.6) is 0 Å². The van der Waals surface area contributed by atoms with Gasteiger partial charge in [0, 0.05) is 18.7 Å². The van der Waals surface area contributed by atoms with E-state index in [9.17, 15) is 8.42 Å². The van der Waals surface area contributed by atoms with Crippen molar-refractivity contribution in [2.45, 2.75) is 10.1 Å². The number of benzene rings is 1. The Labute approximate surface area is 140 Å². The Balaban J connectivity index is 1.75. The fourth-order valence-electron chi connectivity index (χ4n) is 2.41. The molecule has 0 spiro atoms. The molecular weight excluding hydrogens is 334 g/mol. The summed E-state index contributed by atoms with van der Waals surface area (Å²) in [6.45, 7) is 2.88. The molecular formula is C15H20N3O3S2+. The first-order valence-corrected chi connectivity index (χ1v) is 10.4.